The maximum atomic E-state index is 13.2. The highest BCUT2D eigenvalue weighted by atomic mass is 16.1. The first-order valence-corrected chi connectivity index (χ1v) is 7.87. The molecule has 0 spiro atoms. The minimum absolute atomic E-state index is 0.0365. The molecule has 1 unspecified atom stereocenters. The van der Waals surface area contributed by atoms with Crippen LogP contribution in [0.15, 0.2) is 66.4 Å². The number of hydrogen-bond donors (Lipinski definition) is 0. The van der Waals surface area contributed by atoms with Gasteiger partial charge in [0.25, 0.3) is 0 Å². The van der Waals surface area contributed by atoms with E-state index in [2.05, 4.69) is 4.98 Å². The summed E-state index contributed by atoms with van der Waals surface area (Å²) in [6, 6.07) is 15.4. The number of carbonyl (C=O) groups excluding carboxylic acids is 2. The molecule has 0 saturated carbocycles. The molecular formula is C20H19NO2. The van der Waals surface area contributed by atoms with E-state index in [4.69, 9.17) is 0 Å². The Labute approximate surface area is 136 Å². The van der Waals surface area contributed by atoms with Gasteiger partial charge in [0.2, 0.25) is 0 Å². The maximum Gasteiger partial charge on any atom is 0.187 e. The van der Waals surface area contributed by atoms with Gasteiger partial charge in [-0.25, -0.2) is 0 Å². The summed E-state index contributed by atoms with van der Waals surface area (Å²) in [5, 5.41) is 0. The van der Waals surface area contributed by atoms with Crippen LogP contribution in [-0.4, -0.2) is 17.1 Å². The van der Waals surface area contributed by atoms with E-state index >= 15 is 0 Å². The van der Waals surface area contributed by atoms with Crippen LogP contribution in [0, 0.1) is 5.41 Å². The van der Waals surface area contributed by atoms with Crippen molar-refractivity contribution in [3.8, 4) is 0 Å². The normalized spacial score (nSPS) is 20.6. The van der Waals surface area contributed by atoms with Crippen molar-refractivity contribution < 1.29 is 9.59 Å². The minimum Gasteiger partial charge on any atom is -0.298 e. The Bertz CT molecular complexity index is 722. The zero-order chi connectivity index (χ0) is 16.1. The second-order valence-electron chi connectivity index (χ2n) is 6.10. The van der Waals surface area contributed by atoms with Crippen LogP contribution >= 0.6 is 0 Å². The number of carbonyl (C=O) groups is 2. The quantitative estimate of drug-likeness (QED) is 0.623. The van der Waals surface area contributed by atoms with Crippen LogP contribution in [0.2, 0.25) is 0 Å². The maximum absolute atomic E-state index is 13.2. The largest absolute Gasteiger partial charge is 0.298 e. The van der Waals surface area contributed by atoms with Crippen molar-refractivity contribution in [2.45, 2.75) is 25.7 Å². The highest BCUT2D eigenvalue weighted by Crippen LogP contribution is 2.41. The molecular weight excluding hydrogens is 286 g/mol. The molecule has 3 nitrogen and oxygen atoms in total. The van der Waals surface area contributed by atoms with Gasteiger partial charge in [0.15, 0.2) is 5.78 Å². The van der Waals surface area contributed by atoms with Crippen molar-refractivity contribution in [1.82, 2.24) is 4.98 Å². The van der Waals surface area contributed by atoms with Crippen LogP contribution in [0.25, 0.3) is 0 Å². The van der Waals surface area contributed by atoms with Gasteiger partial charge in [0.1, 0.15) is 12.0 Å². The lowest BCUT2D eigenvalue weighted by atomic mass is 9.67. The Kier molecular flexibility index (Phi) is 4.47. The summed E-state index contributed by atoms with van der Waals surface area (Å²) in [6.07, 6.45) is 7.08. The van der Waals surface area contributed by atoms with E-state index in [-0.39, 0.29) is 5.78 Å². The average molecular weight is 305 g/mol. The monoisotopic (exact) mass is 305 g/mol. The second kappa shape index (κ2) is 6.69. The lowest BCUT2D eigenvalue weighted by molar-refractivity contribution is -0.105. The summed E-state index contributed by atoms with van der Waals surface area (Å²) >= 11 is 0. The first kappa shape index (κ1) is 15.3. The van der Waals surface area contributed by atoms with Crippen molar-refractivity contribution in [1.29, 1.82) is 0 Å². The second-order valence-corrected chi connectivity index (χ2v) is 6.10. The number of hydrogen-bond acceptors (Lipinski definition) is 3. The Morgan fingerprint density at radius 1 is 1.13 bits per heavy atom. The third-order valence-electron chi connectivity index (χ3n) is 4.49. The number of aromatic nitrogens is 1. The van der Waals surface area contributed by atoms with Gasteiger partial charge < -0.3 is 0 Å². The molecule has 0 radical (unpaired) electrons. The fourth-order valence-corrected chi connectivity index (χ4v) is 3.36. The zero-order valence-corrected chi connectivity index (χ0v) is 12.9. The smallest absolute Gasteiger partial charge is 0.187 e. The van der Waals surface area contributed by atoms with Gasteiger partial charge in [-0.2, -0.15) is 0 Å². The molecule has 0 amide bonds. The number of pyridine rings is 1. The van der Waals surface area contributed by atoms with E-state index in [9.17, 15) is 9.59 Å². The first-order chi connectivity index (χ1) is 11.2. The molecule has 3 rings (SSSR count). The van der Waals surface area contributed by atoms with Gasteiger partial charge in [-0.1, -0.05) is 42.5 Å². The van der Waals surface area contributed by atoms with Gasteiger partial charge in [-0.3, -0.25) is 14.6 Å². The molecule has 1 aromatic heterocycles. The van der Waals surface area contributed by atoms with E-state index in [1.54, 1.807) is 18.3 Å². The van der Waals surface area contributed by atoms with Crippen LogP contribution < -0.4 is 0 Å². The summed E-state index contributed by atoms with van der Waals surface area (Å²) in [7, 11) is 0. The Balaban J connectivity index is 1.98. The molecule has 3 heteroatoms. The number of allylic oxidation sites excluding steroid dienone is 2. The van der Waals surface area contributed by atoms with Crippen molar-refractivity contribution in [2.75, 3.05) is 0 Å². The van der Waals surface area contributed by atoms with Crippen LogP contribution in [0.1, 0.15) is 35.3 Å². The highest BCUT2D eigenvalue weighted by molar-refractivity contribution is 6.00. The summed E-state index contributed by atoms with van der Waals surface area (Å²) in [4.78, 5) is 28.7. The fraction of sp³-hybridized carbons (Fsp3) is 0.250. The Morgan fingerprint density at radius 2 is 1.91 bits per heavy atom. The predicted octanol–water partition coefficient (Wildman–Crippen LogP) is 3.80. The average Bonchev–Trinajstić information content (AvgIpc) is 2.63. The third kappa shape index (κ3) is 3.29. The topological polar surface area (TPSA) is 47.0 Å². The number of Topliss-reactive ketones (excluding diaryl/α,β-unsaturated/α-hetero) is 1. The van der Waals surface area contributed by atoms with Crippen molar-refractivity contribution in [3.63, 3.8) is 0 Å². The lowest BCUT2D eigenvalue weighted by Crippen LogP contribution is -2.36. The molecule has 1 aliphatic carbocycles. The minimum atomic E-state index is -0.583. The molecule has 0 fully saturated rings. The van der Waals surface area contributed by atoms with Gasteiger partial charge in [-0.15, -0.1) is 0 Å². The summed E-state index contributed by atoms with van der Waals surface area (Å²) in [6.45, 7) is 0. The number of benzene rings is 1. The Morgan fingerprint density at radius 3 is 2.61 bits per heavy atom. The molecule has 0 bridgehead atoms. The molecule has 1 heterocycles. The number of ketones is 1. The molecule has 116 valence electrons. The van der Waals surface area contributed by atoms with Crippen LogP contribution in [-0.2, 0) is 11.2 Å². The number of nitrogens with zero attached hydrogens (tertiary/aromatic N) is 1. The standard InChI is InChI=1S/C20H19NO2/c22-15-17-9-6-11-20(14-17,13-16-7-2-1-3-8-16)19(23)18-10-4-5-12-21-18/h1-5,7-10,12,15H,6,11,13-14H2. The van der Waals surface area contributed by atoms with E-state index in [1.165, 1.54) is 0 Å². The molecule has 1 aromatic carbocycles. The predicted molar refractivity (Wildman–Crippen MR) is 89.1 cm³/mol. The zero-order valence-electron chi connectivity index (χ0n) is 12.9. The lowest BCUT2D eigenvalue weighted by Gasteiger charge is -2.35. The molecule has 1 atom stereocenters. The number of rotatable bonds is 5. The van der Waals surface area contributed by atoms with Crippen molar-refractivity contribution >= 4 is 12.1 Å². The van der Waals surface area contributed by atoms with Gasteiger partial charge in [-0.05, 0) is 49.0 Å². The fourth-order valence-electron chi connectivity index (χ4n) is 3.36. The van der Waals surface area contributed by atoms with E-state index in [0.717, 1.165) is 30.3 Å². The first-order valence-electron chi connectivity index (χ1n) is 7.87. The molecule has 0 saturated heterocycles. The third-order valence-corrected chi connectivity index (χ3v) is 4.49. The molecule has 2 aromatic rings. The van der Waals surface area contributed by atoms with Crippen LogP contribution in [0.5, 0.6) is 0 Å². The van der Waals surface area contributed by atoms with E-state index < -0.39 is 5.41 Å². The molecule has 23 heavy (non-hydrogen) atoms. The van der Waals surface area contributed by atoms with Gasteiger partial charge in [0.05, 0.1) is 0 Å². The SMILES string of the molecule is O=CC1=CCCC(Cc2ccccc2)(C(=O)c2ccccn2)C1. The van der Waals surface area contributed by atoms with E-state index in [0.29, 0.717) is 18.5 Å². The highest BCUT2D eigenvalue weighted by Gasteiger charge is 2.41. The van der Waals surface area contributed by atoms with Crippen LogP contribution in [0.4, 0.5) is 0 Å². The summed E-state index contributed by atoms with van der Waals surface area (Å²) < 4.78 is 0. The van der Waals surface area contributed by atoms with Gasteiger partial charge >= 0.3 is 0 Å². The van der Waals surface area contributed by atoms with Crippen molar-refractivity contribution in [3.05, 3.63) is 77.6 Å². The van der Waals surface area contributed by atoms with Crippen molar-refractivity contribution in [2.24, 2.45) is 5.41 Å². The van der Waals surface area contributed by atoms with Gasteiger partial charge in [0, 0.05) is 11.6 Å². The summed E-state index contributed by atoms with van der Waals surface area (Å²) in [5.74, 6) is 0.0365. The van der Waals surface area contributed by atoms with Crippen LogP contribution in [0.3, 0.4) is 0 Å². The Hall–Kier alpha value is -2.55. The van der Waals surface area contributed by atoms with E-state index in [1.807, 2.05) is 42.5 Å². The molecule has 1 aliphatic rings. The number of aldehydes is 1. The molecule has 0 N–H and O–H groups in total. The summed E-state index contributed by atoms with van der Waals surface area (Å²) in [5.41, 5.74) is 1.73. The molecule has 0 aliphatic heterocycles.